The lowest BCUT2D eigenvalue weighted by atomic mass is 9.96. The number of ether oxygens (including phenoxy) is 1. The first-order valence-electron chi connectivity index (χ1n) is 7.87. The lowest BCUT2D eigenvalue weighted by molar-refractivity contribution is -0.119. The number of carbonyl (C=O) groups is 2. The van der Waals surface area contributed by atoms with Crippen LogP contribution in [0.15, 0.2) is 23.6 Å². The summed E-state index contributed by atoms with van der Waals surface area (Å²) < 4.78 is 18.8. The van der Waals surface area contributed by atoms with Crippen molar-refractivity contribution < 1.29 is 18.7 Å². The molecule has 0 radical (unpaired) electrons. The van der Waals surface area contributed by atoms with Crippen molar-refractivity contribution in [3.8, 4) is 0 Å². The predicted molar refractivity (Wildman–Crippen MR) is 91.0 cm³/mol. The second kappa shape index (κ2) is 7.13. The van der Waals surface area contributed by atoms with Crippen molar-refractivity contribution in [2.75, 3.05) is 11.9 Å². The molecule has 2 aromatic rings. The third-order valence-corrected chi connectivity index (χ3v) is 5.10. The van der Waals surface area contributed by atoms with Crippen LogP contribution in [0.3, 0.4) is 0 Å². The molecule has 0 fully saturated rings. The molecule has 1 heterocycles. The first-order chi connectivity index (χ1) is 11.5. The highest BCUT2D eigenvalue weighted by Crippen LogP contribution is 2.30. The van der Waals surface area contributed by atoms with E-state index in [0.29, 0.717) is 5.56 Å². The third kappa shape index (κ3) is 3.64. The Morgan fingerprint density at radius 2 is 2.08 bits per heavy atom. The summed E-state index contributed by atoms with van der Waals surface area (Å²) in [6, 6.07) is 4.52. The number of aryl methyl sites for hydroxylation is 2. The Balaban J connectivity index is 1.58. The number of halogens is 1. The molecule has 1 amide bonds. The van der Waals surface area contributed by atoms with E-state index in [4.69, 9.17) is 4.74 Å². The minimum Gasteiger partial charge on any atom is -0.452 e. The standard InChI is InChI=1S/C18H18FNO3S/c1-11-6-7-15(14(19)8-11)20-17(21)9-23-18(22)13-10-24-16-5-3-2-4-12(13)16/h6-8,10H,2-5,9H2,1H3,(H,20,21). The molecule has 126 valence electrons. The SMILES string of the molecule is Cc1ccc(NC(=O)COC(=O)c2csc3c2CCCC3)c(F)c1. The number of rotatable bonds is 4. The average molecular weight is 347 g/mol. The average Bonchev–Trinajstić information content (AvgIpc) is 2.99. The number of amides is 1. The van der Waals surface area contributed by atoms with Gasteiger partial charge in [-0.15, -0.1) is 11.3 Å². The van der Waals surface area contributed by atoms with Gasteiger partial charge in [0.2, 0.25) is 0 Å². The molecule has 0 saturated heterocycles. The minimum atomic E-state index is -0.560. The molecule has 6 heteroatoms. The molecular formula is C18H18FNO3S. The molecule has 1 aliphatic carbocycles. The van der Waals surface area contributed by atoms with Gasteiger partial charge in [-0.25, -0.2) is 9.18 Å². The second-order valence-corrected chi connectivity index (χ2v) is 6.83. The molecule has 0 saturated carbocycles. The van der Waals surface area contributed by atoms with E-state index in [1.807, 2.05) is 0 Å². The molecule has 24 heavy (non-hydrogen) atoms. The summed E-state index contributed by atoms with van der Waals surface area (Å²) in [5.74, 6) is -1.56. The number of esters is 1. The van der Waals surface area contributed by atoms with Crippen molar-refractivity contribution in [1.82, 2.24) is 0 Å². The van der Waals surface area contributed by atoms with Crippen LogP contribution in [-0.2, 0) is 22.4 Å². The summed E-state index contributed by atoms with van der Waals surface area (Å²) in [6.45, 7) is 1.33. The van der Waals surface area contributed by atoms with Gasteiger partial charge in [0.25, 0.3) is 5.91 Å². The van der Waals surface area contributed by atoms with Gasteiger partial charge in [-0.2, -0.15) is 0 Å². The Morgan fingerprint density at radius 3 is 2.88 bits per heavy atom. The summed E-state index contributed by atoms with van der Waals surface area (Å²) in [5, 5.41) is 4.21. The van der Waals surface area contributed by atoms with Crippen molar-refractivity contribution in [2.45, 2.75) is 32.6 Å². The fourth-order valence-corrected chi connectivity index (χ4v) is 3.90. The molecule has 0 spiro atoms. The largest absolute Gasteiger partial charge is 0.452 e. The maximum atomic E-state index is 13.7. The maximum absolute atomic E-state index is 13.7. The van der Waals surface area contributed by atoms with Crippen LogP contribution in [0.4, 0.5) is 10.1 Å². The fraction of sp³-hybridized carbons (Fsp3) is 0.333. The fourth-order valence-electron chi connectivity index (χ4n) is 2.78. The van der Waals surface area contributed by atoms with Gasteiger partial charge >= 0.3 is 5.97 Å². The van der Waals surface area contributed by atoms with Gasteiger partial charge < -0.3 is 10.1 Å². The Hall–Kier alpha value is -2.21. The first kappa shape index (κ1) is 16.6. The Bertz CT molecular complexity index is 785. The zero-order chi connectivity index (χ0) is 17.1. The molecule has 1 N–H and O–H groups in total. The maximum Gasteiger partial charge on any atom is 0.339 e. The lowest BCUT2D eigenvalue weighted by Crippen LogP contribution is -2.22. The number of nitrogens with one attached hydrogen (secondary N) is 1. The summed E-state index contributed by atoms with van der Waals surface area (Å²) in [7, 11) is 0. The molecule has 0 bridgehead atoms. The molecule has 0 atom stereocenters. The van der Waals surface area contributed by atoms with Crippen molar-refractivity contribution in [3.05, 3.63) is 51.0 Å². The highest BCUT2D eigenvalue weighted by Gasteiger charge is 2.21. The van der Waals surface area contributed by atoms with Gasteiger partial charge in [0.1, 0.15) is 5.82 Å². The van der Waals surface area contributed by atoms with E-state index in [0.717, 1.165) is 36.8 Å². The number of carbonyl (C=O) groups excluding carboxylic acids is 2. The van der Waals surface area contributed by atoms with E-state index in [9.17, 15) is 14.0 Å². The summed E-state index contributed by atoms with van der Waals surface area (Å²) in [6.07, 6.45) is 4.09. The van der Waals surface area contributed by atoms with Gasteiger partial charge in [-0.05, 0) is 55.9 Å². The lowest BCUT2D eigenvalue weighted by Gasteiger charge is -2.12. The van der Waals surface area contributed by atoms with Crippen molar-refractivity contribution in [1.29, 1.82) is 0 Å². The van der Waals surface area contributed by atoms with E-state index in [1.54, 1.807) is 29.7 Å². The van der Waals surface area contributed by atoms with Crippen LogP contribution in [-0.4, -0.2) is 18.5 Å². The molecule has 4 nitrogen and oxygen atoms in total. The number of hydrogen-bond acceptors (Lipinski definition) is 4. The van der Waals surface area contributed by atoms with E-state index >= 15 is 0 Å². The van der Waals surface area contributed by atoms with E-state index in [2.05, 4.69) is 5.32 Å². The van der Waals surface area contributed by atoms with Gasteiger partial charge in [0, 0.05) is 10.3 Å². The van der Waals surface area contributed by atoms with E-state index in [-0.39, 0.29) is 5.69 Å². The van der Waals surface area contributed by atoms with Crippen LogP contribution in [0.25, 0.3) is 0 Å². The Morgan fingerprint density at radius 1 is 1.29 bits per heavy atom. The van der Waals surface area contributed by atoms with Gasteiger partial charge in [-0.1, -0.05) is 6.07 Å². The topological polar surface area (TPSA) is 55.4 Å². The van der Waals surface area contributed by atoms with Crippen LogP contribution in [0.5, 0.6) is 0 Å². The van der Waals surface area contributed by atoms with Crippen LogP contribution in [0, 0.1) is 12.7 Å². The molecule has 1 aliphatic rings. The molecule has 3 rings (SSSR count). The smallest absolute Gasteiger partial charge is 0.339 e. The van der Waals surface area contributed by atoms with Crippen LogP contribution in [0.2, 0.25) is 0 Å². The normalized spacial score (nSPS) is 13.2. The highest BCUT2D eigenvalue weighted by molar-refractivity contribution is 7.10. The van der Waals surface area contributed by atoms with E-state index < -0.39 is 24.3 Å². The summed E-state index contributed by atoms with van der Waals surface area (Å²) >= 11 is 1.57. The number of fused-ring (bicyclic) bond motifs is 1. The molecule has 0 unspecified atom stereocenters. The zero-order valence-corrected chi connectivity index (χ0v) is 14.2. The minimum absolute atomic E-state index is 0.0783. The zero-order valence-electron chi connectivity index (χ0n) is 13.4. The Labute approximate surface area is 143 Å². The number of anilines is 1. The first-order valence-corrected chi connectivity index (χ1v) is 8.75. The van der Waals surface area contributed by atoms with Crippen LogP contribution in [0.1, 0.15) is 39.2 Å². The highest BCUT2D eigenvalue weighted by atomic mass is 32.1. The van der Waals surface area contributed by atoms with Gasteiger partial charge in [0.05, 0.1) is 11.3 Å². The summed E-state index contributed by atoms with van der Waals surface area (Å²) in [5.41, 5.74) is 2.46. The van der Waals surface area contributed by atoms with E-state index in [1.165, 1.54) is 17.0 Å². The number of benzene rings is 1. The quantitative estimate of drug-likeness (QED) is 0.854. The van der Waals surface area contributed by atoms with Gasteiger partial charge in [0.15, 0.2) is 6.61 Å². The number of hydrogen-bond donors (Lipinski definition) is 1. The second-order valence-electron chi connectivity index (χ2n) is 5.87. The third-order valence-electron chi connectivity index (χ3n) is 4.01. The molecular weight excluding hydrogens is 329 g/mol. The van der Waals surface area contributed by atoms with Crippen molar-refractivity contribution in [3.63, 3.8) is 0 Å². The number of thiophene rings is 1. The molecule has 0 aliphatic heterocycles. The van der Waals surface area contributed by atoms with Crippen molar-refractivity contribution >= 4 is 28.9 Å². The molecule has 1 aromatic carbocycles. The Kier molecular flexibility index (Phi) is 4.94. The van der Waals surface area contributed by atoms with Crippen molar-refractivity contribution in [2.24, 2.45) is 0 Å². The summed E-state index contributed by atoms with van der Waals surface area (Å²) in [4.78, 5) is 25.3. The molecule has 1 aromatic heterocycles. The van der Waals surface area contributed by atoms with Gasteiger partial charge in [-0.3, -0.25) is 4.79 Å². The van der Waals surface area contributed by atoms with Crippen LogP contribution < -0.4 is 5.32 Å². The van der Waals surface area contributed by atoms with Crippen LogP contribution >= 0.6 is 11.3 Å². The monoisotopic (exact) mass is 347 g/mol. The predicted octanol–water partition coefficient (Wildman–Crippen LogP) is 3.87.